The first-order chi connectivity index (χ1) is 19.9. The molecule has 1 amide bonds. The van der Waals surface area contributed by atoms with Crippen molar-refractivity contribution in [2.24, 2.45) is 0 Å². The van der Waals surface area contributed by atoms with Gasteiger partial charge < -0.3 is 14.4 Å². The molecule has 0 unspecified atom stereocenters. The number of unbranched alkanes of at least 4 members (excludes halogenated alkanes) is 3. The van der Waals surface area contributed by atoms with E-state index in [-0.39, 0.29) is 48.4 Å². The predicted octanol–water partition coefficient (Wildman–Crippen LogP) is 4.51. The maximum absolute atomic E-state index is 15.4. The quantitative estimate of drug-likeness (QED) is 0.304. The zero-order valence-electron chi connectivity index (χ0n) is 22.8. The summed E-state index contributed by atoms with van der Waals surface area (Å²) >= 11 is 1.37. The monoisotopic (exact) mass is 577 g/mol. The molecule has 4 heterocycles. The molecule has 7 nitrogen and oxygen atoms in total. The topological polar surface area (TPSA) is 64.0 Å². The Balaban J connectivity index is 1.59. The fraction of sp³-hybridized carbons (Fsp3) is 0.400. The van der Waals surface area contributed by atoms with Crippen LogP contribution in [0, 0.1) is 11.6 Å². The molecular formula is C30H30BF2N3O4S. The molecule has 2 radical (unpaired) electrons. The lowest BCUT2D eigenvalue weighted by Crippen LogP contribution is -2.71. The number of rotatable bonds is 7. The van der Waals surface area contributed by atoms with E-state index >= 15 is 4.39 Å². The van der Waals surface area contributed by atoms with Gasteiger partial charge in [-0.1, -0.05) is 50.5 Å². The van der Waals surface area contributed by atoms with Crippen LogP contribution in [0.5, 0.6) is 5.75 Å². The summed E-state index contributed by atoms with van der Waals surface area (Å²) in [6.07, 6.45) is 4.58. The van der Waals surface area contributed by atoms with Crippen LogP contribution in [0.1, 0.15) is 59.8 Å². The minimum atomic E-state index is -1.59. The lowest BCUT2D eigenvalue weighted by atomic mass is 9.65. The van der Waals surface area contributed by atoms with Crippen molar-refractivity contribution < 1.29 is 23.0 Å². The van der Waals surface area contributed by atoms with E-state index in [2.05, 4.69) is 6.92 Å². The van der Waals surface area contributed by atoms with Crippen molar-refractivity contribution in [3.8, 4) is 5.75 Å². The molecule has 3 aromatic rings. The Morgan fingerprint density at radius 1 is 1.10 bits per heavy atom. The van der Waals surface area contributed by atoms with Gasteiger partial charge in [-0.15, -0.1) is 11.8 Å². The minimum Gasteiger partial charge on any atom is -0.487 e. The third-order valence-corrected chi connectivity index (χ3v) is 9.10. The molecule has 6 rings (SSSR count). The number of aromatic nitrogens is 1. The molecule has 0 spiro atoms. The van der Waals surface area contributed by atoms with Crippen LogP contribution in [0.25, 0.3) is 0 Å². The van der Waals surface area contributed by atoms with Crippen molar-refractivity contribution >= 4 is 25.5 Å². The molecule has 41 heavy (non-hydrogen) atoms. The van der Waals surface area contributed by atoms with Crippen molar-refractivity contribution in [1.82, 2.24) is 9.58 Å². The summed E-state index contributed by atoms with van der Waals surface area (Å²) < 4.78 is 43.4. The minimum absolute atomic E-state index is 0.0469. The molecule has 1 saturated heterocycles. The molecule has 212 valence electrons. The summed E-state index contributed by atoms with van der Waals surface area (Å²) in [6, 6.07) is 11.4. The van der Waals surface area contributed by atoms with Crippen LogP contribution in [-0.2, 0) is 15.9 Å². The largest absolute Gasteiger partial charge is 0.487 e. The van der Waals surface area contributed by atoms with Crippen LogP contribution >= 0.6 is 11.8 Å². The highest BCUT2D eigenvalue weighted by Gasteiger charge is 2.51. The standard InChI is InChI=1S/C30H30BF2N3O4S/c1-2-3-4-7-15-40-28-23(37)12-13-35-27(28)29(38)34-14-16-39-17-25(34)36(35)30(31)20-10-11-22(32)26(33)19(20)18-41-24-9-6-5-8-21(24)30/h5-6,8-13,25H,2-4,7,14-18H2,1H3/t25-,30-/m1/s1. The van der Waals surface area contributed by atoms with E-state index in [1.54, 1.807) is 14.6 Å². The average molecular weight is 577 g/mol. The predicted molar refractivity (Wildman–Crippen MR) is 153 cm³/mol. The van der Waals surface area contributed by atoms with Crippen LogP contribution in [0.3, 0.4) is 0 Å². The molecule has 0 aliphatic carbocycles. The zero-order chi connectivity index (χ0) is 28.7. The number of pyridine rings is 1. The van der Waals surface area contributed by atoms with Crippen molar-refractivity contribution in [2.75, 3.05) is 31.4 Å². The van der Waals surface area contributed by atoms with Gasteiger partial charge in [0, 0.05) is 35.0 Å². The van der Waals surface area contributed by atoms with E-state index in [1.165, 1.54) is 30.1 Å². The summed E-state index contributed by atoms with van der Waals surface area (Å²) in [6.45, 7) is 3.08. The van der Waals surface area contributed by atoms with Gasteiger partial charge in [0.05, 0.1) is 25.3 Å². The molecule has 0 bridgehead atoms. The van der Waals surface area contributed by atoms with Gasteiger partial charge in [0.25, 0.3) is 5.91 Å². The molecule has 1 aromatic heterocycles. The summed E-state index contributed by atoms with van der Waals surface area (Å²) in [5, 5.41) is 1.76. The highest BCUT2D eigenvalue weighted by Crippen LogP contribution is 2.47. The van der Waals surface area contributed by atoms with Gasteiger partial charge >= 0.3 is 0 Å². The smallest absolute Gasteiger partial charge is 0.278 e. The van der Waals surface area contributed by atoms with Crippen LogP contribution in [0.4, 0.5) is 8.78 Å². The molecule has 0 N–H and O–H groups in total. The second-order valence-electron chi connectivity index (χ2n) is 10.4. The normalized spacial score (nSPS) is 21.4. The first-order valence-corrected chi connectivity index (χ1v) is 14.9. The van der Waals surface area contributed by atoms with Crippen molar-refractivity contribution in [3.63, 3.8) is 0 Å². The molecule has 2 aromatic carbocycles. The first-order valence-electron chi connectivity index (χ1n) is 13.9. The summed E-state index contributed by atoms with van der Waals surface area (Å²) in [5.74, 6) is -2.18. The number of thioether (sulfide) groups is 1. The number of amides is 1. The number of nitrogens with zero attached hydrogens (tertiary/aromatic N) is 3. The number of halogens is 2. The lowest BCUT2D eigenvalue weighted by molar-refractivity contribution is -0.0217. The van der Waals surface area contributed by atoms with Crippen molar-refractivity contribution in [2.45, 2.75) is 54.9 Å². The van der Waals surface area contributed by atoms with Gasteiger partial charge in [0.1, 0.15) is 14.0 Å². The SMILES string of the molecule is [B][C@]1(N2[C@@H]3COCCN3C(=O)c3c(OCCCCCC)c(=O)ccn32)c2ccccc2SCc2c1ccc(F)c2F. The van der Waals surface area contributed by atoms with Crippen LogP contribution in [0.15, 0.2) is 58.4 Å². The Morgan fingerprint density at radius 3 is 2.76 bits per heavy atom. The van der Waals surface area contributed by atoms with Crippen LogP contribution in [0.2, 0.25) is 0 Å². The average Bonchev–Trinajstić information content (AvgIpc) is 3.11. The number of carbonyl (C=O) groups is 1. The fourth-order valence-corrected chi connectivity index (χ4v) is 7.12. The van der Waals surface area contributed by atoms with Crippen molar-refractivity contribution in [3.05, 3.63) is 92.9 Å². The van der Waals surface area contributed by atoms with E-state index in [4.69, 9.17) is 17.3 Å². The third-order valence-electron chi connectivity index (χ3n) is 8.00. The number of hydrogen-bond donors (Lipinski definition) is 0. The Morgan fingerprint density at radius 2 is 1.93 bits per heavy atom. The third kappa shape index (κ3) is 4.53. The molecular weight excluding hydrogens is 547 g/mol. The van der Waals surface area contributed by atoms with E-state index in [9.17, 15) is 14.0 Å². The maximum atomic E-state index is 15.4. The number of hydrogen-bond acceptors (Lipinski definition) is 6. The zero-order valence-corrected chi connectivity index (χ0v) is 23.6. The molecule has 11 heteroatoms. The number of morpholine rings is 1. The fourth-order valence-electron chi connectivity index (χ4n) is 5.98. The lowest BCUT2D eigenvalue weighted by Gasteiger charge is -2.56. The Hall–Kier alpha value is -3.31. The number of carbonyl (C=O) groups excluding carboxylic acids is 1. The van der Waals surface area contributed by atoms with E-state index < -0.39 is 28.7 Å². The molecule has 0 saturated carbocycles. The maximum Gasteiger partial charge on any atom is 0.278 e. The van der Waals surface area contributed by atoms with Gasteiger partial charge in [-0.2, -0.15) is 0 Å². The molecule has 2 atom stereocenters. The summed E-state index contributed by atoms with van der Waals surface area (Å²) in [7, 11) is 7.48. The Bertz CT molecular complexity index is 1550. The van der Waals surface area contributed by atoms with Gasteiger partial charge in [-0.05, 0) is 29.7 Å². The van der Waals surface area contributed by atoms with Crippen LogP contribution < -0.4 is 15.2 Å². The summed E-state index contributed by atoms with van der Waals surface area (Å²) in [4.78, 5) is 29.5. The van der Waals surface area contributed by atoms with Crippen molar-refractivity contribution in [1.29, 1.82) is 0 Å². The van der Waals surface area contributed by atoms with Gasteiger partial charge in [0.2, 0.25) is 5.43 Å². The number of ether oxygens (including phenoxy) is 2. The van der Waals surface area contributed by atoms with Crippen LogP contribution in [-0.4, -0.2) is 55.9 Å². The second-order valence-corrected chi connectivity index (χ2v) is 11.5. The van der Waals surface area contributed by atoms with Gasteiger partial charge in [-0.3, -0.25) is 19.3 Å². The first kappa shape index (κ1) is 27.8. The Labute approximate surface area is 242 Å². The second kappa shape index (κ2) is 11.2. The Kier molecular flexibility index (Phi) is 7.59. The van der Waals surface area contributed by atoms with Gasteiger partial charge in [-0.25, -0.2) is 8.78 Å². The van der Waals surface area contributed by atoms with E-state index in [0.29, 0.717) is 17.7 Å². The number of benzene rings is 2. The molecule has 1 fully saturated rings. The van der Waals surface area contributed by atoms with Gasteiger partial charge in [0.15, 0.2) is 23.1 Å². The highest BCUT2D eigenvalue weighted by molar-refractivity contribution is 7.98. The van der Waals surface area contributed by atoms with E-state index in [1.807, 2.05) is 24.3 Å². The number of fused-ring (bicyclic) bond motifs is 4. The molecule has 3 aliphatic rings. The highest BCUT2D eigenvalue weighted by atomic mass is 32.2. The summed E-state index contributed by atoms with van der Waals surface area (Å²) in [5.41, 5.74) is -0.792. The molecule has 3 aliphatic heterocycles. The van der Waals surface area contributed by atoms with E-state index in [0.717, 1.165) is 36.6 Å².